The third-order valence-electron chi connectivity index (χ3n) is 2.97. The zero-order valence-electron chi connectivity index (χ0n) is 10.8. The summed E-state index contributed by atoms with van der Waals surface area (Å²) in [6.45, 7) is 1.92. The summed E-state index contributed by atoms with van der Waals surface area (Å²) in [6, 6.07) is 10.9. The highest BCUT2D eigenvalue weighted by molar-refractivity contribution is 6.31. The molecule has 0 bridgehead atoms. The number of fused-ring (bicyclic) bond motifs is 1. The van der Waals surface area contributed by atoms with Gasteiger partial charge in [-0.1, -0.05) is 11.6 Å². The first-order chi connectivity index (χ1) is 9.63. The average Bonchev–Trinajstić information content (AvgIpc) is 2.43. The number of ether oxygens (including phenoxy) is 1. The standard InChI is InChI=1S/C15H12ClN3O/c1-9-6-11(3-5-13(9)16)20-15-12-4-2-10(17)7-14(12)18-8-19-15/h2-8H,17H2,1H3. The molecule has 0 saturated carbocycles. The average molecular weight is 286 g/mol. The largest absolute Gasteiger partial charge is 0.438 e. The molecular formula is C15H12ClN3O. The Morgan fingerprint density at radius 1 is 1.10 bits per heavy atom. The smallest absolute Gasteiger partial charge is 0.230 e. The molecule has 0 radical (unpaired) electrons. The van der Waals surface area contributed by atoms with Crippen LogP contribution in [0.2, 0.25) is 5.02 Å². The first kappa shape index (κ1) is 12.7. The first-order valence-electron chi connectivity index (χ1n) is 6.08. The van der Waals surface area contributed by atoms with Crippen molar-refractivity contribution >= 4 is 28.2 Å². The Kier molecular flexibility index (Phi) is 3.16. The summed E-state index contributed by atoms with van der Waals surface area (Å²) < 4.78 is 5.82. The molecule has 0 atom stereocenters. The Morgan fingerprint density at radius 2 is 1.95 bits per heavy atom. The first-order valence-corrected chi connectivity index (χ1v) is 6.45. The van der Waals surface area contributed by atoms with Gasteiger partial charge in [-0.15, -0.1) is 0 Å². The summed E-state index contributed by atoms with van der Waals surface area (Å²) in [6.07, 6.45) is 1.46. The van der Waals surface area contributed by atoms with Gasteiger partial charge in [0.25, 0.3) is 0 Å². The molecule has 4 nitrogen and oxygen atoms in total. The van der Waals surface area contributed by atoms with Crippen LogP contribution in [-0.2, 0) is 0 Å². The van der Waals surface area contributed by atoms with Gasteiger partial charge in [-0.3, -0.25) is 0 Å². The van der Waals surface area contributed by atoms with Crippen molar-refractivity contribution in [3.63, 3.8) is 0 Å². The molecule has 3 rings (SSSR count). The molecule has 0 fully saturated rings. The Balaban J connectivity index is 2.04. The lowest BCUT2D eigenvalue weighted by Gasteiger charge is -2.08. The summed E-state index contributed by atoms with van der Waals surface area (Å²) in [7, 11) is 0. The van der Waals surface area contributed by atoms with Gasteiger partial charge in [-0.05, 0) is 48.9 Å². The van der Waals surface area contributed by atoms with Gasteiger partial charge in [-0.2, -0.15) is 0 Å². The SMILES string of the molecule is Cc1cc(Oc2ncnc3cc(N)ccc23)ccc1Cl. The van der Waals surface area contributed by atoms with E-state index in [1.165, 1.54) is 6.33 Å². The topological polar surface area (TPSA) is 61.0 Å². The van der Waals surface area contributed by atoms with Crippen molar-refractivity contribution in [2.45, 2.75) is 6.92 Å². The van der Waals surface area contributed by atoms with E-state index >= 15 is 0 Å². The second-order valence-electron chi connectivity index (χ2n) is 4.47. The van der Waals surface area contributed by atoms with Crippen LogP contribution in [0, 0.1) is 6.92 Å². The summed E-state index contributed by atoms with van der Waals surface area (Å²) in [5, 5.41) is 1.52. The number of nitrogens with zero attached hydrogens (tertiary/aromatic N) is 2. The van der Waals surface area contributed by atoms with Crippen LogP contribution in [0.1, 0.15) is 5.56 Å². The van der Waals surface area contributed by atoms with E-state index in [1.54, 1.807) is 24.3 Å². The second kappa shape index (κ2) is 4.98. The highest BCUT2D eigenvalue weighted by atomic mass is 35.5. The van der Waals surface area contributed by atoms with Gasteiger partial charge in [0.15, 0.2) is 0 Å². The molecule has 3 aromatic rings. The van der Waals surface area contributed by atoms with E-state index in [0.29, 0.717) is 22.3 Å². The minimum Gasteiger partial charge on any atom is -0.438 e. The number of hydrogen-bond donors (Lipinski definition) is 1. The molecule has 100 valence electrons. The minimum atomic E-state index is 0.497. The van der Waals surface area contributed by atoms with E-state index < -0.39 is 0 Å². The maximum absolute atomic E-state index is 6.00. The molecule has 0 aliphatic rings. The molecule has 0 saturated heterocycles. The molecule has 0 spiro atoms. The van der Waals surface area contributed by atoms with Crippen molar-refractivity contribution < 1.29 is 4.74 Å². The van der Waals surface area contributed by atoms with Gasteiger partial charge < -0.3 is 10.5 Å². The number of rotatable bonds is 2. The summed E-state index contributed by atoms with van der Waals surface area (Å²) in [4.78, 5) is 8.36. The van der Waals surface area contributed by atoms with Gasteiger partial charge in [0, 0.05) is 10.7 Å². The monoisotopic (exact) mass is 285 g/mol. The quantitative estimate of drug-likeness (QED) is 0.724. The lowest BCUT2D eigenvalue weighted by molar-refractivity contribution is 0.468. The van der Waals surface area contributed by atoms with E-state index in [2.05, 4.69) is 9.97 Å². The zero-order valence-corrected chi connectivity index (χ0v) is 11.6. The summed E-state index contributed by atoms with van der Waals surface area (Å²) in [5.41, 5.74) is 8.11. The summed E-state index contributed by atoms with van der Waals surface area (Å²) in [5.74, 6) is 1.18. The van der Waals surface area contributed by atoms with Crippen LogP contribution >= 0.6 is 11.6 Å². The molecular weight excluding hydrogens is 274 g/mol. The third-order valence-corrected chi connectivity index (χ3v) is 3.39. The molecule has 1 aromatic heterocycles. The van der Waals surface area contributed by atoms with Gasteiger partial charge in [0.05, 0.1) is 10.9 Å². The predicted molar refractivity (Wildman–Crippen MR) is 80.2 cm³/mol. The highest BCUT2D eigenvalue weighted by Gasteiger charge is 2.07. The molecule has 0 aliphatic carbocycles. The molecule has 20 heavy (non-hydrogen) atoms. The summed E-state index contributed by atoms with van der Waals surface area (Å²) >= 11 is 6.00. The number of hydrogen-bond acceptors (Lipinski definition) is 4. The van der Waals surface area contributed by atoms with E-state index in [-0.39, 0.29) is 0 Å². The zero-order chi connectivity index (χ0) is 14.1. The maximum Gasteiger partial charge on any atom is 0.230 e. The maximum atomic E-state index is 6.00. The second-order valence-corrected chi connectivity index (χ2v) is 4.88. The van der Waals surface area contributed by atoms with Crippen molar-refractivity contribution in [2.24, 2.45) is 0 Å². The number of nitrogens with two attached hydrogens (primary N) is 1. The van der Waals surface area contributed by atoms with Gasteiger partial charge >= 0.3 is 0 Å². The van der Waals surface area contributed by atoms with E-state index in [4.69, 9.17) is 22.1 Å². The van der Waals surface area contributed by atoms with Crippen LogP contribution in [0.5, 0.6) is 11.6 Å². The molecule has 0 aliphatic heterocycles. The number of nitrogen functional groups attached to an aromatic ring is 1. The van der Waals surface area contributed by atoms with Crippen molar-refractivity contribution in [1.29, 1.82) is 0 Å². The molecule has 0 amide bonds. The lowest BCUT2D eigenvalue weighted by atomic mass is 10.2. The molecule has 0 unspecified atom stereocenters. The van der Waals surface area contributed by atoms with Crippen molar-refractivity contribution in [3.05, 3.63) is 53.3 Å². The number of anilines is 1. The fraction of sp³-hybridized carbons (Fsp3) is 0.0667. The van der Waals surface area contributed by atoms with Gasteiger partial charge in [0.2, 0.25) is 5.88 Å². The number of aromatic nitrogens is 2. The van der Waals surface area contributed by atoms with Crippen LogP contribution < -0.4 is 10.5 Å². The van der Waals surface area contributed by atoms with Crippen LogP contribution in [0.25, 0.3) is 10.9 Å². The number of halogens is 1. The fourth-order valence-corrected chi connectivity index (χ4v) is 2.04. The number of aryl methyl sites for hydroxylation is 1. The minimum absolute atomic E-state index is 0.497. The third kappa shape index (κ3) is 2.38. The fourth-order valence-electron chi connectivity index (χ4n) is 1.92. The normalized spacial score (nSPS) is 10.7. The van der Waals surface area contributed by atoms with E-state index in [1.807, 2.05) is 19.1 Å². The van der Waals surface area contributed by atoms with E-state index in [9.17, 15) is 0 Å². The molecule has 1 heterocycles. The van der Waals surface area contributed by atoms with Crippen LogP contribution in [0.3, 0.4) is 0 Å². The Bertz CT molecular complexity index is 789. The molecule has 2 N–H and O–H groups in total. The Morgan fingerprint density at radius 3 is 2.75 bits per heavy atom. The van der Waals surface area contributed by atoms with Crippen molar-refractivity contribution in [2.75, 3.05) is 5.73 Å². The highest BCUT2D eigenvalue weighted by Crippen LogP contribution is 2.29. The van der Waals surface area contributed by atoms with E-state index in [0.717, 1.165) is 16.5 Å². The molecule has 2 aromatic carbocycles. The number of benzene rings is 2. The van der Waals surface area contributed by atoms with Crippen LogP contribution in [-0.4, -0.2) is 9.97 Å². The van der Waals surface area contributed by atoms with Crippen molar-refractivity contribution in [3.8, 4) is 11.6 Å². The molecule has 5 heteroatoms. The lowest BCUT2D eigenvalue weighted by Crippen LogP contribution is -1.93. The van der Waals surface area contributed by atoms with Crippen LogP contribution in [0.4, 0.5) is 5.69 Å². The van der Waals surface area contributed by atoms with Gasteiger partial charge in [0.1, 0.15) is 12.1 Å². The van der Waals surface area contributed by atoms with Gasteiger partial charge in [-0.25, -0.2) is 9.97 Å². The predicted octanol–water partition coefficient (Wildman–Crippen LogP) is 3.97. The van der Waals surface area contributed by atoms with Crippen molar-refractivity contribution in [1.82, 2.24) is 9.97 Å². The van der Waals surface area contributed by atoms with Crippen LogP contribution in [0.15, 0.2) is 42.7 Å². The Labute approximate surface area is 121 Å². The Hall–Kier alpha value is -2.33.